The molecule has 17 heavy (non-hydrogen) atoms. The van der Waals surface area contributed by atoms with E-state index in [-0.39, 0.29) is 12.4 Å². The van der Waals surface area contributed by atoms with Gasteiger partial charge in [0.1, 0.15) is 0 Å². The fourth-order valence-electron chi connectivity index (χ4n) is 1.28. The lowest BCUT2D eigenvalue weighted by Crippen LogP contribution is -2.31. The van der Waals surface area contributed by atoms with Crippen molar-refractivity contribution in [2.24, 2.45) is 0 Å². The molecule has 7 heteroatoms. The fourth-order valence-corrected chi connectivity index (χ4v) is 2.35. The largest absolute Gasteiger partial charge is 0.396 e. The molecule has 0 saturated carbocycles. The first-order valence-corrected chi connectivity index (χ1v) is 6.83. The molecule has 0 bridgehead atoms. The molecule has 0 fully saturated rings. The van der Waals surface area contributed by atoms with E-state index in [1.54, 1.807) is 6.07 Å². The van der Waals surface area contributed by atoms with Crippen LogP contribution in [0, 0.1) is 0 Å². The smallest absolute Gasteiger partial charge is 0.237 e. The summed E-state index contributed by atoms with van der Waals surface area (Å²) in [5, 5.41) is 0. The van der Waals surface area contributed by atoms with Crippen LogP contribution in [0.3, 0.4) is 0 Å². The number of sulfonamides is 1. The van der Waals surface area contributed by atoms with Gasteiger partial charge in [0.25, 0.3) is 0 Å². The van der Waals surface area contributed by atoms with E-state index in [0.717, 1.165) is 4.31 Å². The van der Waals surface area contributed by atoms with Gasteiger partial charge in [-0.2, -0.15) is 0 Å². The third-order valence-corrected chi connectivity index (χ3v) is 3.99. The van der Waals surface area contributed by atoms with Gasteiger partial charge < -0.3 is 10.5 Å². The number of ether oxygens (including phenoxy) is 1. The Morgan fingerprint density at radius 3 is 2.82 bits per heavy atom. The zero-order valence-corrected chi connectivity index (χ0v) is 10.8. The molecule has 0 aliphatic heterocycles. The van der Waals surface area contributed by atoms with Crippen LogP contribution in [0.4, 0.5) is 11.4 Å². The molecule has 0 aliphatic rings. The number of hydrogen-bond donors (Lipinski definition) is 1. The van der Waals surface area contributed by atoms with Gasteiger partial charge in [-0.3, -0.25) is 9.29 Å². The summed E-state index contributed by atoms with van der Waals surface area (Å²) in [6, 6.07) is 1.56. The van der Waals surface area contributed by atoms with Gasteiger partial charge in [0, 0.05) is 19.9 Å². The molecule has 0 spiro atoms. The van der Waals surface area contributed by atoms with E-state index in [1.165, 1.54) is 19.4 Å². The zero-order chi connectivity index (χ0) is 12.9. The summed E-state index contributed by atoms with van der Waals surface area (Å²) in [7, 11) is -1.94. The first-order valence-electron chi connectivity index (χ1n) is 5.23. The lowest BCUT2D eigenvalue weighted by molar-refractivity contribution is 0.163. The first-order chi connectivity index (χ1) is 7.99. The van der Waals surface area contributed by atoms with Crippen molar-refractivity contribution in [3.8, 4) is 0 Å². The third-order valence-electron chi connectivity index (χ3n) is 2.27. The van der Waals surface area contributed by atoms with Crippen molar-refractivity contribution in [3.05, 3.63) is 18.5 Å². The van der Waals surface area contributed by atoms with Gasteiger partial charge in [0.05, 0.1) is 29.9 Å². The molecule has 6 nitrogen and oxygen atoms in total. The number of aromatic nitrogens is 1. The van der Waals surface area contributed by atoms with Gasteiger partial charge in [0.15, 0.2) is 0 Å². The Bertz CT molecular complexity index is 462. The number of nitrogens with zero attached hydrogens (tertiary/aromatic N) is 2. The highest BCUT2D eigenvalue weighted by Gasteiger charge is 2.19. The number of anilines is 2. The second kappa shape index (κ2) is 5.83. The molecule has 2 N–H and O–H groups in total. The normalized spacial score (nSPS) is 11.4. The Hall–Kier alpha value is -1.34. The maximum atomic E-state index is 11.9. The van der Waals surface area contributed by atoms with Gasteiger partial charge in [-0.15, -0.1) is 0 Å². The van der Waals surface area contributed by atoms with Gasteiger partial charge in [-0.25, -0.2) is 8.42 Å². The molecular formula is C10H17N3O3S. The molecule has 96 valence electrons. The Labute approximate surface area is 101 Å². The van der Waals surface area contributed by atoms with E-state index in [9.17, 15) is 8.42 Å². The zero-order valence-electron chi connectivity index (χ0n) is 9.96. The van der Waals surface area contributed by atoms with E-state index >= 15 is 0 Å². The van der Waals surface area contributed by atoms with Crippen molar-refractivity contribution in [1.82, 2.24) is 4.98 Å². The number of nitrogen functional groups attached to an aromatic ring is 1. The number of hydrogen-bond acceptors (Lipinski definition) is 5. The summed E-state index contributed by atoms with van der Waals surface area (Å²) in [5.41, 5.74) is 6.43. The average molecular weight is 259 g/mol. The molecule has 0 amide bonds. The highest BCUT2D eigenvalue weighted by Crippen LogP contribution is 2.22. The van der Waals surface area contributed by atoms with E-state index in [1.807, 2.05) is 6.92 Å². The Balaban J connectivity index is 2.82. The number of nitrogens with two attached hydrogens (primary N) is 1. The van der Waals surface area contributed by atoms with Crippen LogP contribution in [0.1, 0.15) is 6.92 Å². The van der Waals surface area contributed by atoms with E-state index < -0.39 is 10.0 Å². The monoisotopic (exact) mass is 259 g/mol. The van der Waals surface area contributed by atoms with Crippen LogP contribution in [-0.2, 0) is 14.8 Å². The van der Waals surface area contributed by atoms with Gasteiger partial charge >= 0.3 is 0 Å². The molecule has 0 saturated heterocycles. The number of pyridine rings is 1. The second-order valence-electron chi connectivity index (χ2n) is 3.41. The quantitative estimate of drug-likeness (QED) is 0.750. The lowest BCUT2D eigenvalue weighted by Gasteiger charge is -2.20. The van der Waals surface area contributed by atoms with Crippen LogP contribution in [0.15, 0.2) is 18.5 Å². The predicted molar refractivity (Wildman–Crippen MR) is 67.3 cm³/mol. The Kier molecular flexibility index (Phi) is 4.71. The summed E-state index contributed by atoms with van der Waals surface area (Å²) in [4.78, 5) is 3.81. The van der Waals surface area contributed by atoms with E-state index in [0.29, 0.717) is 18.0 Å². The molecule has 1 rings (SSSR count). The molecule has 0 aromatic carbocycles. The van der Waals surface area contributed by atoms with E-state index in [4.69, 9.17) is 10.5 Å². The van der Waals surface area contributed by atoms with Gasteiger partial charge in [0.2, 0.25) is 10.0 Å². The van der Waals surface area contributed by atoms with Crippen LogP contribution >= 0.6 is 0 Å². The lowest BCUT2D eigenvalue weighted by atomic mass is 10.3. The summed E-state index contributed by atoms with van der Waals surface area (Å²) in [6.45, 7) is 2.49. The molecule has 0 radical (unpaired) electrons. The minimum Gasteiger partial charge on any atom is -0.396 e. The summed E-state index contributed by atoms with van der Waals surface area (Å²) < 4.78 is 30.0. The summed E-state index contributed by atoms with van der Waals surface area (Å²) >= 11 is 0. The van der Waals surface area contributed by atoms with Crippen molar-refractivity contribution in [2.75, 3.05) is 36.1 Å². The van der Waals surface area contributed by atoms with Crippen LogP contribution in [0.25, 0.3) is 0 Å². The highest BCUT2D eigenvalue weighted by atomic mass is 32.2. The molecule has 1 aromatic heterocycles. The van der Waals surface area contributed by atoms with Crippen molar-refractivity contribution >= 4 is 21.4 Å². The van der Waals surface area contributed by atoms with Crippen molar-refractivity contribution in [2.45, 2.75) is 6.92 Å². The standard InChI is InChI=1S/C10H17N3O3S/c1-3-16-6-7-17(14,15)13(2)10-4-5-12-8-9(10)11/h4-5,8H,3,6-7,11H2,1-2H3. The maximum absolute atomic E-state index is 11.9. The molecule has 0 unspecified atom stereocenters. The van der Waals surface area contributed by atoms with Crippen molar-refractivity contribution in [1.29, 1.82) is 0 Å². The molecule has 1 aromatic rings. The average Bonchev–Trinajstić information content (AvgIpc) is 2.29. The summed E-state index contributed by atoms with van der Waals surface area (Å²) in [6.07, 6.45) is 2.92. The number of rotatable bonds is 6. The molecule has 0 aliphatic carbocycles. The minimum absolute atomic E-state index is 0.0703. The molecular weight excluding hydrogens is 242 g/mol. The Morgan fingerprint density at radius 2 is 2.24 bits per heavy atom. The van der Waals surface area contributed by atoms with Crippen LogP contribution in [-0.4, -0.2) is 39.4 Å². The fraction of sp³-hybridized carbons (Fsp3) is 0.500. The SMILES string of the molecule is CCOCCS(=O)(=O)N(C)c1ccncc1N. The Morgan fingerprint density at radius 1 is 1.53 bits per heavy atom. The maximum Gasteiger partial charge on any atom is 0.237 e. The molecule has 1 heterocycles. The van der Waals surface area contributed by atoms with Crippen LogP contribution < -0.4 is 10.0 Å². The van der Waals surface area contributed by atoms with Gasteiger partial charge in [-0.1, -0.05) is 0 Å². The van der Waals surface area contributed by atoms with Crippen LogP contribution in [0.2, 0.25) is 0 Å². The van der Waals surface area contributed by atoms with Gasteiger partial charge in [-0.05, 0) is 13.0 Å². The second-order valence-corrected chi connectivity index (χ2v) is 5.53. The minimum atomic E-state index is -3.41. The first kappa shape index (κ1) is 13.7. The predicted octanol–water partition coefficient (Wildman–Crippen LogP) is 0.466. The third kappa shape index (κ3) is 3.57. The van der Waals surface area contributed by atoms with E-state index in [2.05, 4.69) is 4.98 Å². The van der Waals surface area contributed by atoms with Crippen molar-refractivity contribution in [3.63, 3.8) is 0 Å². The molecule has 0 atom stereocenters. The topological polar surface area (TPSA) is 85.5 Å². The van der Waals surface area contributed by atoms with Crippen LogP contribution in [0.5, 0.6) is 0 Å². The highest BCUT2D eigenvalue weighted by molar-refractivity contribution is 7.92. The van der Waals surface area contributed by atoms with Crippen molar-refractivity contribution < 1.29 is 13.2 Å². The summed E-state index contributed by atoms with van der Waals surface area (Å²) in [5.74, 6) is -0.0703.